The van der Waals surface area contributed by atoms with Crippen molar-refractivity contribution in [1.82, 2.24) is 10.3 Å². The van der Waals surface area contributed by atoms with Crippen molar-refractivity contribution < 1.29 is 9.59 Å². The van der Waals surface area contributed by atoms with Gasteiger partial charge in [-0.3, -0.25) is 9.59 Å². The van der Waals surface area contributed by atoms with E-state index in [9.17, 15) is 9.59 Å². The maximum atomic E-state index is 12.1. The Kier molecular flexibility index (Phi) is 3.48. The van der Waals surface area contributed by atoms with Gasteiger partial charge < -0.3 is 16.1 Å². The molecule has 1 saturated heterocycles. The van der Waals surface area contributed by atoms with Crippen LogP contribution in [0.5, 0.6) is 0 Å². The SMILES string of the molecule is NC1=C(N(N)C2CCNCC2)c2ccccc2C(=O)C1=O. The third-order valence-electron chi connectivity index (χ3n) is 4.09. The number of piperidine rings is 1. The summed E-state index contributed by atoms with van der Waals surface area (Å²) in [7, 11) is 0. The fraction of sp³-hybridized carbons (Fsp3) is 0.333. The van der Waals surface area contributed by atoms with E-state index in [1.807, 2.05) is 6.07 Å². The minimum atomic E-state index is -0.673. The van der Waals surface area contributed by atoms with Crippen LogP contribution >= 0.6 is 0 Å². The van der Waals surface area contributed by atoms with E-state index in [0.717, 1.165) is 25.9 Å². The lowest BCUT2D eigenvalue weighted by Crippen LogP contribution is -2.48. The summed E-state index contributed by atoms with van der Waals surface area (Å²) in [6.45, 7) is 1.75. The third kappa shape index (κ3) is 2.22. The number of hydrogen-bond donors (Lipinski definition) is 3. The van der Waals surface area contributed by atoms with Crippen LogP contribution in [0.4, 0.5) is 0 Å². The molecule has 1 aliphatic carbocycles. The maximum Gasteiger partial charge on any atom is 0.251 e. The number of nitrogens with one attached hydrogen (secondary N) is 1. The third-order valence-corrected chi connectivity index (χ3v) is 4.09. The van der Waals surface area contributed by atoms with Crippen LogP contribution in [0.1, 0.15) is 28.8 Å². The standard InChI is InChI=1S/C15H18N4O2/c16-12-13(19(17)9-5-7-18-8-6-9)10-3-1-2-4-11(10)14(20)15(12)21/h1-4,9,18H,5-8,16-17H2. The summed E-state index contributed by atoms with van der Waals surface area (Å²) < 4.78 is 0. The summed E-state index contributed by atoms with van der Waals surface area (Å²) in [6, 6.07) is 7.06. The number of nitrogens with two attached hydrogens (primary N) is 2. The highest BCUT2D eigenvalue weighted by atomic mass is 16.2. The Bertz CT molecular complexity index is 632. The average Bonchev–Trinajstić information content (AvgIpc) is 2.53. The first-order valence-electron chi connectivity index (χ1n) is 7.04. The van der Waals surface area contributed by atoms with E-state index in [2.05, 4.69) is 5.32 Å². The van der Waals surface area contributed by atoms with Crippen molar-refractivity contribution in [2.75, 3.05) is 13.1 Å². The summed E-state index contributed by atoms with van der Waals surface area (Å²) in [5.74, 6) is 5.00. The summed E-state index contributed by atoms with van der Waals surface area (Å²) in [5, 5.41) is 4.84. The number of fused-ring (bicyclic) bond motifs is 1. The molecule has 0 aromatic heterocycles. The molecule has 0 unspecified atom stereocenters. The maximum absolute atomic E-state index is 12.1. The Labute approximate surface area is 122 Å². The van der Waals surface area contributed by atoms with Crippen molar-refractivity contribution in [2.45, 2.75) is 18.9 Å². The monoisotopic (exact) mass is 286 g/mol. The molecule has 0 bridgehead atoms. The lowest BCUT2D eigenvalue weighted by Gasteiger charge is -2.36. The molecule has 1 heterocycles. The number of nitrogens with zero attached hydrogens (tertiary/aromatic N) is 1. The molecule has 3 rings (SSSR count). The molecular formula is C15H18N4O2. The van der Waals surface area contributed by atoms with Gasteiger partial charge in [-0.15, -0.1) is 0 Å². The van der Waals surface area contributed by atoms with E-state index in [0.29, 0.717) is 16.8 Å². The molecule has 0 amide bonds. The highest BCUT2D eigenvalue weighted by Crippen LogP contribution is 2.31. The summed E-state index contributed by atoms with van der Waals surface area (Å²) in [5.41, 5.74) is 7.34. The molecular weight excluding hydrogens is 268 g/mol. The first-order chi connectivity index (χ1) is 10.1. The number of carbonyl (C=O) groups excluding carboxylic acids is 2. The Morgan fingerprint density at radius 1 is 1.05 bits per heavy atom. The molecule has 0 saturated carbocycles. The van der Waals surface area contributed by atoms with E-state index < -0.39 is 11.6 Å². The topological polar surface area (TPSA) is 101 Å². The Hall–Kier alpha value is -2.18. The van der Waals surface area contributed by atoms with Gasteiger partial charge in [-0.1, -0.05) is 24.3 Å². The zero-order chi connectivity index (χ0) is 15.0. The lowest BCUT2D eigenvalue weighted by molar-refractivity contribution is -0.112. The van der Waals surface area contributed by atoms with Gasteiger partial charge in [-0.05, 0) is 25.9 Å². The van der Waals surface area contributed by atoms with Gasteiger partial charge in [0.15, 0.2) is 0 Å². The summed E-state index contributed by atoms with van der Waals surface area (Å²) >= 11 is 0. The number of hydrogen-bond acceptors (Lipinski definition) is 6. The quantitative estimate of drug-likeness (QED) is 0.402. The normalized spacial score (nSPS) is 19.7. The zero-order valence-electron chi connectivity index (χ0n) is 11.6. The van der Waals surface area contributed by atoms with E-state index in [1.54, 1.807) is 23.2 Å². The van der Waals surface area contributed by atoms with E-state index in [4.69, 9.17) is 11.6 Å². The molecule has 21 heavy (non-hydrogen) atoms. The first kappa shape index (κ1) is 13.8. The van der Waals surface area contributed by atoms with E-state index in [1.165, 1.54) is 0 Å². The summed E-state index contributed by atoms with van der Waals surface area (Å²) in [4.78, 5) is 24.1. The van der Waals surface area contributed by atoms with Crippen molar-refractivity contribution in [2.24, 2.45) is 11.6 Å². The first-order valence-corrected chi connectivity index (χ1v) is 7.04. The van der Waals surface area contributed by atoms with Gasteiger partial charge in [-0.2, -0.15) is 0 Å². The number of hydrazine groups is 1. The molecule has 1 aromatic rings. The van der Waals surface area contributed by atoms with Crippen LogP contribution in [-0.4, -0.2) is 35.7 Å². The van der Waals surface area contributed by atoms with Crippen LogP contribution in [0.15, 0.2) is 30.0 Å². The van der Waals surface area contributed by atoms with Crippen molar-refractivity contribution in [3.63, 3.8) is 0 Å². The number of rotatable bonds is 2. The molecule has 0 atom stereocenters. The Morgan fingerprint density at radius 3 is 2.33 bits per heavy atom. The van der Waals surface area contributed by atoms with Gasteiger partial charge in [0.05, 0.1) is 5.70 Å². The number of Topliss-reactive ketones (excluding diaryl/α,β-unsaturated/α-hetero) is 2. The molecule has 6 nitrogen and oxygen atoms in total. The van der Waals surface area contributed by atoms with Crippen LogP contribution in [0.25, 0.3) is 5.70 Å². The molecule has 1 aliphatic heterocycles. The minimum Gasteiger partial charge on any atom is -0.394 e. The predicted molar refractivity (Wildman–Crippen MR) is 78.8 cm³/mol. The molecule has 0 radical (unpaired) electrons. The molecule has 0 spiro atoms. The summed E-state index contributed by atoms with van der Waals surface area (Å²) in [6.07, 6.45) is 1.75. The lowest BCUT2D eigenvalue weighted by atomic mass is 9.89. The second-order valence-corrected chi connectivity index (χ2v) is 5.35. The van der Waals surface area contributed by atoms with Crippen LogP contribution in [-0.2, 0) is 4.79 Å². The van der Waals surface area contributed by atoms with E-state index in [-0.39, 0.29) is 11.7 Å². The van der Waals surface area contributed by atoms with Crippen LogP contribution in [0.3, 0.4) is 0 Å². The minimum absolute atomic E-state index is 0.0558. The molecule has 5 N–H and O–H groups in total. The molecule has 1 fully saturated rings. The van der Waals surface area contributed by atoms with Crippen molar-refractivity contribution in [3.8, 4) is 0 Å². The fourth-order valence-electron chi connectivity index (χ4n) is 2.93. The largest absolute Gasteiger partial charge is 0.394 e. The van der Waals surface area contributed by atoms with Crippen molar-refractivity contribution in [3.05, 3.63) is 41.1 Å². The average molecular weight is 286 g/mol. The molecule has 6 heteroatoms. The fourth-order valence-corrected chi connectivity index (χ4v) is 2.93. The van der Waals surface area contributed by atoms with Crippen molar-refractivity contribution >= 4 is 17.3 Å². The zero-order valence-corrected chi connectivity index (χ0v) is 11.6. The molecule has 110 valence electrons. The number of allylic oxidation sites excluding steroid dienone is 1. The second kappa shape index (κ2) is 5.31. The Morgan fingerprint density at radius 2 is 1.67 bits per heavy atom. The second-order valence-electron chi connectivity index (χ2n) is 5.35. The van der Waals surface area contributed by atoms with Crippen LogP contribution in [0, 0.1) is 0 Å². The number of carbonyl (C=O) groups is 2. The molecule has 1 aromatic carbocycles. The van der Waals surface area contributed by atoms with Gasteiger partial charge in [0.2, 0.25) is 5.78 Å². The van der Waals surface area contributed by atoms with Crippen LogP contribution in [0.2, 0.25) is 0 Å². The van der Waals surface area contributed by atoms with Crippen molar-refractivity contribution in [1.29, 1.82) is 0 Å². The van der Waals surface area contributed by atoms with Gasteiger partial charge >= 0.3 is 0 Å². The molecule has 2 aliphatic rings. The number of ketones is 2. The highest BCUT2D eigenvalue weighted by molar-refractivity contribution is 6.52. The highest BCUT2D eigenvalue weighted by Gasteiger charge is 2.34. The predicted octanol–water partition coefficient (Wildman–Crippen LogP) is 0.00700. The number of benzene rings is 1. The van der Waals surface area contributed by atoms with Gasteiger partial charge in [0, 0.05) is 17.2 Å². The van der Waals surface area contributed by atoms with Gasteiger partial charge in [0.25, 0.3) is 5.78 Å². The van der Waals surface area contributed by atoms with Gasteiger partial charge in [-0.25, -0.2) is 5.84 Å². The van der Waals surface area contributed by atoms with E-state index >= 15 is 0 Å². The smallest absolute Gasteiger partial charge is 0.251 e. The van der Waals surface area contributed by atoms with Crippen LogP contribution < -0.4 is 16.9 Å². The van der Waals surface area contributed by atoms with Gasteiger partial charge in [0.1, 0.15) is 5.70 Å². The Balaban J connectivity index is 2.06.